The van der Waals surface area contributed by atoms with Crippen LogP contribution in [0.3, 0.4) is 0 Å². The SMILES string of the molecule is CC1(C(=O)O)COCC1NC(=O)N1CCCC1CCCO. The molecule has 120 valence electrons. The zero-order valence-electron chi connectivity index (χ0n) is 12.4. The highest BCUT2D eigenvalue weighted by Gasteiger charge is 2.48. The normalized spacial score (nSPS) is 32.4. The fraction of sp³-hybridized carbons (Fsp3) is 0.857. The lowest BCUT2D eigenvalue weighted by Gasteiger charge is -2.30. The maximum Gasteiger partial charge on any atom is 0.317 e. The van der Waals surface area contributed by atoms with E-state index in [1.807, 2.05) is 0 Å². The highest BCUT2D eigenvalue weighted by molar-refractivity contribution is 5.79. The molecule has 2 aliphatic rings. The number of amides is 2. The van der Waals surface area contributed by atoms with Gasteiger partial charge in [0.2, 0.25) is 0 Å². The van der Waals surface area contributed by atoms with Gasteiger partial charge in [-0.3, -0.25) is 4.79 Å². The molecule has 3 atom stereocenters. The fourth-order valence-electron chi connectivity index (χ4n) is 3.05. The fourth-order valence-corrected chi connectivity index (χ4v) is 3.05. The van der Waals surface area contributed by atoms with Crippen LogP contribution in [0.1, 0.15) is 32.6 Å². The van der Waals surface area contributed by atoms with E-state index in [9.17, 15) is 14.7 Å². The van der Waals surface area contributed by atoms with Crippen LogP contribution in [-0.4, -0.2) is 65.6 Å². The van der Waals surface area contributed by atoms with E-state index in [2.05, 4.69) is 5.32 Å². The number of nitrogens with zero attached hydrogens (tertiary/aromatic N) is 1. The lowest BCUT2D eigenvalue weighted by Crippen LogP contribution is -2.54. The second-order valence-electron chi connectivity index (χ2n) is 6.10. The molecule has 7 nitrogen and oxygen atoms in total. The van der Waals surface area contributed by atoms with Crippen molar-refractivity contribution in [1.29, 1.82) is 0 Å². The Morgan fingerprint density at radius 3 is 2.90 bits per heavy atom. The van der Waals surface area contributed by atoms with Gasteiger partial charge >= 0.3 is 12.0 Å². The number of carboxylic acid groups (broad SMARTS) is 1. The van der Waals surface area contributed by atoms with Crippen molar-refractivity contribution in [1.82, 2.24) is 10.2 Å². The van der Waals surface area contributed by atoms with Gasteiger partial charge in [0, 0.05) is 19.2 Å². The summed E-state index contributed by atoms with van der Waals surface area (Å²) in [7, 11) is 0. The van der Waals surface area contributed by atoms with Crippen LogP contribution in [0, 0.1) is 5.41 Å². The predicted molar refractivity (Wildman–Crippen MR) is 74.9 cm³/mol. The summed E-state index contributed by atoms with van der Waals surface area (Å²) in [6.07, 6.45) is 3.33. The van der Waals surface area contributed by atoms with Gasteiger partial charge in [-0.1, -0.05) is 0 Å². The Morgan fingerprint density at radius 1 is 1.48 bits per heavy atom. The molecule has 0 aliphatic carbocycles. The number of nitrogens with one attached hydrogen (secondary N) is 1. The van der Waals surface area contributed by atoms with Crippen LogP contribution in [0.4, 0.5) is 4.79 Å². The molecule has 0 spiro atoms. The van der Waals surface area contributed by atoms with Gasteiger partial charge in [-0.25, -0.2) is 4.79 Å². The third kappa shape index (κ3) is 3.29. The number of carboxylic acids is 1. The first kappa shape index (κ1) is 16.0. The quantitative estimate of drug-likeness (QED) is 0.683. The molecule has 0 aromatic carbocycles. The zero-order chi connectivity index (χ0) is 15.5. The minimum absolute atomic E-state index is 0.112. The Balaban J connectivity index is 1.96. The Bertz CT molecular complexity index is 403. The van der Waals surface area contributed by atoms with Crippen LogP contribution < -0.4 is 5.32 Å². The summed E-state index contributed by atoms with van der Waals surface area (Å²) >= 11 is 0. The lowest BCUT2D eigenvalue weighted by molar-refractivity contribution is -0.148. The lowest BCUT2D eigenvalue weighted by atomic mass is 9.85. The summed E-state index contributed by atoms with van der Waals surface area (Å²) in [6.45, 7) is 2.74. The molecular weight excluding hydrogens is 276 g/mol. The molecule has 0 aromatic heterocycles. The van der Waals surface area contributed by atoms with Gasteiger partial charge in [-0.05, 0) is 32.6 Å². The average molecular weight is 300 g/mol. The maximum atomic E-state index is 12.4. The van der Waals surface area contributed by atoms with Crippen molar-refractivity contribution in [2.24, 2.45) is 5.41 Å². The van der Waals surface area contributed by atoms with Crippen LogP contribution >= 0.6 is 0 Å². The summed E-state index contributed by atoms with van der Waals surface area (Å²) in [5, 5.41) is 21.0. The minimum atomic E-state index is -1.07. The van der Waals surface area contributed by atoms with Crippen molar-refractivity contribution >= 4 is 12.0 Å². The monoisotopic (exact) mass is 300 g/mol. The number of urea groups is 1. The second kappa shape index (κ2) is 6.62. The summed E-state index contributed by atoms with van der Waals surface area (Å²) in [6, 6.07) is -0.601. The van der Waals surface area contributed by atoms with E-state index in [0.717, 1.165) is 19.3 Å². The third-order valence-electron chi connectivity index (χ3n) is 4.58. The van der Waals surface area contributed by atoms with Gasteiger partial charge in [0.25, 0.3) is 0 Å². The summed E-state index contributed by atoms with van der Waals surface area (Å²) in [5.41, 5.74) is -1.07. The predicted octanol–water partition coefficient (Wildman–Crippen LogP) is 0.423. The van der Waals surface area contributed by atoms with Gasteiger partial charge in [0.05, 0.1) is 19.3 Å². The largest absolute Gasteiger partial charge is 0.481 e. The van der Waals surface area contributed by atoms with E-state index in [1.54, 1.807) is 11.8 Å². The standard InChI is InChI=1S/C14H24N2O5/c1-14(12(18)19)9-21-8-11(14)15-13(20)16-6-2-4-10(16)5-3-7-17/h10-11,17H,2-9H2,1H3,(H,15,20)(H,18,19). The van der Waals surface area contributed by atoms with Crippen LogP contribution in [-0.2, 0) is 9.53 Å². The second-order valence-corrected chi connectivity index (χ2v) is 6.10. The van der Waals surface area contributed by atoms with Crippen molar-refractivity contribution in [2.75, 3.05) is 26.4 Å². The Kier molecular flexibility index (Phi) is 5.05. The number of aliphatic hydroxyl groups excluding tert-OH is 1. The number of aliphatic hydroxyl groups is 1. The third-order valence-corrected chi connectivity index (χ3v) is 4.58. The minimum Gasteiger partial charge on any atom is -0.481 e. The van der Waals surface area contributed by atoms with E-state index in [4.69, 9.17) is 9.84 Å². The molecule has 0 saturated carbocycles. The Morgan fingerprint density at radius 2 is 2.24 bits per heavy atom. The molecule has 2 saturated heterocycles. The van der Waals surface area contributed by atoms with E-state index in [-0.39, 0.29) is 31.9 Å². The molecule has 2 aliphatic heterocycles. The van der Waals surface area contributed by atoms with Crippen molar-refractivity contribution < 1.29 is 24.5 Å². The van der Waals surface area contributed by atoms with Crippen LogP contribution in [0.15, 0.2) is 0 Å². The Labute approximate surface area is 124 Å². The number of likely N-dealkylation sites (tertiary alicyclic amines) is 1. The molecule has 0 bridgehead atoms. The van der Waals surface area contributed by atoms with Gasteiger partial charge in [-0.15, -0.1) is 0 Å². The van der Waals surface area contributed by atoms with Gasteiger partial charge in [0.15, 0.2) is 0 Å². The van der Waals surface area contributed by atoms with Crippen LogP contribution in [0.25, 0.3) is 0 Å². The first-order valence-corrected chi connectivity index (χ1v) is 7.48. The summed E-state index contributed by atoms with van der Waals surface area (Å²) < 4.78 is 5.24. The van der Waals surface area contributed by atoms with E-state index < -0.39 is 17.4 Å². The number of rotatable bonds is 5. The van der Waals surface area contributed by atoms with Gasteiger partial charge in [-0.2, -0.15) is 0 Å². The average Bonchev–Trinajstić information content (AvgIpc) is 3.04. The molecule has 2 rings (SSSR count). The van der Waals surface area contributed by atoms with Gasteiger partial charge < -0.3 is 25.2 Å². The first-order valence-electron chi connectivity index (χ1n) is 7.48. The highest BCUT2D eigenvalue weighted by atomic mass is 16.5. The van der Waals surface area contributed by atoms with Crippen molar-refractivity contribution in [2.45, 2.75) is 44.7 Å². The molecule has 3 N–H and O–H groups in total. The maximum absolute atomic E-state index is 12.4. The van der Waals surface area contributed by atoms with E-state index >= 15 is 0 Å². The highest BCUT2D eigenvalue weighted by Crippen LogP contribution is 2.29. The molecule has 7 heteroatoms. The Hall–Kier alpha value is -1.34. The molecular formula is C14H24N2O5. The van der Waals surface area contributed by atoms with Crippen LogP contribution in [0.2, 0.25) is 0 Å². The molecule has 2 fully saturated rings. The van der Waals surface area contributed by atoms with E-state index in [0.29, 0.717) is 13.0 Å². The number of hydrogen-bond acceptors (Lipinski definition) is 4. The van der Waals surface area contributed by atoms with Crippen LogP contribution in [0.5, 0.6) is 0 Å². The smallest absolute Gasteiger partial charge is 0.317 e. The number of ether oxygens (including phenoxy) is 1. The first-order chi connectivity index (χ1) is 9.99. The van der Waals surface area contributed by atoms with Gasteiger partial charge in [0.1, 0.15) is 5.41 Å². The summed E-state index contributed by atoms with van der Waals surface area (Å²) in [5.74, 6) is -0.955. The van der Waals surface area contributed by atoms with Crippen molar-refractivity contribution in [3.8, 4) is 0 Å². The van der Waals surface area contributed by atoms with Crippen molar-refractivity contribution in [3.05, 3.63) is 0 Å². The number of carbonyl (C=O) groups is 2. The topological polar surface area (TPSA) is 99.1 Å². The molecule has 2 heterocycles. The number of carbonyl (C=O) groups excluding carboxylic acids is 1. The van der Waals surface area contributed by atoms with E-state index in [1.165, 1.54) is 0 Å². The number of aliphatic carboxylic acids is 1. The number of hydrogen-bond donors (Lipinski definition) is 3. The molecule has 0 radical (unpaired) electrons. The van der Waals surface area contributed by atoms with Crippen molar-refractivity contribution in [3.63, 3.8) is 0 Å². The zero-order valence-corrected chi connectivity index (χ0v) is 12.4. The molecule has 21 heavy (non-hydrogen) atoms. The summed E-state index contributed by atoms with van der Waals surface area (Å²) in [4.78, 5) is 25.5. The molecule has 2 amide bonds. The molecule has 3 unspecified atom stereocenters. The molecule has 0 aromatic rings.